The highest BCUT2D eigenvalue weighted by Gasteiger charge is 2.42. The van der Waals surface area contributed by atoms with E-state index in [1.54, 1.807) is 0 Å². The van der Waals surface area contributed by atoms with Crippen LogP contribution in [-0.4, -0.2) is 30.6 Å². The van der Waals surface area contributed by atoms with Gasteiger partial charge in [-0.25, -0.2) is 17.9 Å². The number of sulfonamides is 1. The van der Waals surface area contributed by atoms with Crippen molar-refractivity contribution in [3.8, 4) is 0 Å². The molecule has 1 aliphatic rings. The predicted molar refractivity (Wildman–Crippen MR) is 77.5 cm³/mol. The molecule has 3 N–H and O–H groups in total. The van der Waals surface area contributed by atoms with Gasteiger partial charge in [-0.1, -0.05) is 0 Å². The number of nitrogens with zero attached hydrogens (tertiary/aromatic N) is 2. The fourth-order valence-corrected chi connectivity index (χ4v) is 3.60. The fourth-order valence-electron chi connectivity index (χ4n) is 2.28. The number of hydrogen-bond acceptors (Lipinski definition) is 5. The summed E-state index contributed by atoms with van der Waals surface area (Å²) in [6, 6.07) is 0. The Morgan fingerprint density at radius 3 is 2.48 bits per heavy atom. The molecular formula is C12H20N4O4S. The number of aryl methyl sites for hydroxylation is 1. The Morgan fingerprint density at radius 1 is 1.33 bits per heavy atom. The van der Waals surface area contributed by atoms with E-state index in [1.807, 2.05) is 0 Å². The van der Waals surface area contributed by atoms with Gasteiger partial charge >= 0.3 is 5.69 Å². The van der Waals surface area contributed by atoms with Crippen LogP contribution in [0, 0.1) is 5.41 Å². The molecule has 0 amide bonds. The summed E-state index contributed by atoms with van der Waals surface area (Å²) >= 11 is 0. The summed E-state index contributed by atoms with van der Waals surface area (Å²) in [4.78, 5) is 23.1. The van der Waals surface area contributed by atoms with Crippen molar-refractivity contribution in [3.05, 3.63) is 27.0 Å². The highest BCUT2D eigenvalue weighted by atomic mass is 32.2. The van der Waals surface area contributed by atoms with E-state index in [9.17, 15) is 18.0 Å². The first-order valence-corrected chi connectivity index (χ1v) is 8.17. The van der Waals surface area contributed by atoms with E-state index in [4.69, 9.17) is 5.73 Å². The van der Waals surface area contributed by atoms with Crippen LogP contribution in [0.2, 0.25) is 0 Å². The standard InChI is InChI=1S/C12H20N4O4S/c1-15-7-9(10(17)16(2)11(15)18)21(19,20)14-8-12(3-4-12)5-6-13/h7,14H,3-6,8,13H2,1-2H3. The van der Waals surface area contributed by atoms with Gasteiger partial charge < -0.3 is 10.3 Å². The summed E-state index contributed by atoms with van der Waals surface area (Å²) in [5, 5.41) is 0. The molecule has 0 radical (unpaired) electrons. The van der Waals surface area contributed by atoms with Gasteiger partial charge in [0.2, 0.25) is 10.0 Å². The molecule has 1 heterocycles. The molecule has 0 aromatic carbocycles. The van der Waals surface area contributed by atoms with E-state index < -0.39 is 26.2 Å². The van der Waals surface area contributed by atoms with Crippen molar-refractivity contribution in [2.45, 2.75) is 24.2 Å². The zero-order valence-electron chi connectivity index (χ0n) is 12.1. The molecule has 0 saturated heterocycles. The van der Waals surface area contributed by atoms with E-state index in [2.05, 4.69) is 4.72 Å². The van der Waals surface area contributed by atoms with Gasteiger partial charge in [0.25, 0.3) is 5.56 Å². The van der Waals surface area contributed by atoms with Crippen LogP contribution in [0.5, 0.6) is 0 Å². The predicted octanol–water partition coefficient (Wildman–Crippen LogP) is -1.51. The van der Waals surface area contributed by atoms with E-state index in [-0.39, 0.29) is 12.0 Å². The van der Waals surface area contributed by atoms with E-state index in [0.717, 1.165) is 34.6 Å². The van der Waals surface area contributed by atoms with Gasteiger partial charge in [0.1, 0.15) is 0 Å². The molecule has 1 fully saturated rings. The van der Waals surface area contributed by atoms with Crippen molar-refractivity contribution >= 4 is 10.0 Å². The SMILES string of the molecule is Cn1cc(S(=O)(=O)NCC2(CCN)CC2)c(=O)n(C)c1=O. The lowest BCUT2D eigenvalue weighted by molar-refractivity contribution is 0.460. The Morgan fingerprint density at radius 2 is 1.95 bits per heavy atom. The first-order valence-electron chi connectivity index (χ1n) is 6.69. The van der Waals surface area contributed by atoms with Crippen LogP contribution in [0.15, 0.2) is 20.7 Å². The van der Waals surface area contributed by atoms with Crippen molar-refractivity contribution in [2.24, 2.45) is 25.2 Å². The van der Waals surface area contributed by atoms with Gasteiger partial charge in [0, 0.05) is 26.8 Å². The molecule has 0 spiro atoms. The molecule has 0 unspecified atom stereocenters. The maximum atomic E-state index is 12.3. The number of hydrogen-bond donors (Lipinski definition) is 2. The molecular weight excluding hydrogens is 296 g/mol. The fraction of sp³-hybridized carbons (Fsp3) is 0.667. The summed E-state index contributed by atoms with van der Waals surface area (Å²) in [7, 11) is -1.30. The van der Waals surface area contributed by atoms with E-state index >= 15 is 0 Å². The van der Waals surface area contributed by atoms with Crippen LogP contribution < -0.4 is 21.7 Å². The Hall–Kier alpha value is -1.45. The van der Waals surface area contributed by atoms with Crippen molar-refractivity contribution in [3.63, 3.8) is 0 Å². The molecule has 21 heavy (non-hydrogen) atoms. The molecule has 2 rings (SSSR count). The second-order valence-electron chi connectivity index (χ2n) is 5.61. The summed E-state index contributed by atoms with van der Waals surface area (Å²) < 4.78 is 28.9. The second-order valence-corrected chi connectivity index (χ2v) is 7.35. The van der Waals surface area contributed by atoms with Gasteiger partial charge in [-0.05, 0) is 31.2 Å². The average molecular weight is 316 g/mol. The quantitative estimate of drug-likeness (QED) is 0.662. The summed E-state index contributed by atoms with van der Waals surface area (Å²) in [6.07, 6.45) is 3.66. The lowest BCUT2D eigenvalue weighted by Crippen LogP contribution is -2.42. The molecule has 1 aliphatic carbocycles. The molecule has 1 saturated carbocycles. The highest BCUT2D eigenvalue weighted by Crippen LogP contribution is 2.47. The molecule has 0 bridgehead atoms. The molecule has 9 heteroatoms. The maximum Gasteiger partial charge on any atom is 0.330 e. The van der Waals surface area contributed by atoms with Crippen LogP contribution in [0.3, 0.4) is 0 Å². The third-order valence-electron chi connectivity index (χ3n) is 3.97. The van der Waals surface area contributed by atoms with E-state index in [0.29, 0.717) is 6.54 Å². The van der Waals surface area contributed by atoms with Crippen LogP contribution in [0.1, 0.15) is 19.3 Å². The molecule has 1 aromatic heterocycles. The lowest BCUT2D eigenvalue weighted by Gasteiger charge is -2.15. The minimum Gasteiger partial charge on any atom is -0.330 e. The Bertz CT molecular complexity index is 758. The normalized spacial score (nSPS) is 16.9. The van der Waals surface area contributed by atoms with Crippen LogP contribution in [0.25, 0.3) is 0 Å². The van der Waals surface area contributed by atoms with Crippen LogP contribution in [0.4, 0.5) is 0 Å². The van der Waals surface area contributed by atoms with Gasteiger partial charge in [0.05, 0.1) is 0 Å². The molecule has 118 valence electrons. The zero-order chi connectivity index (χ0) is 15.8. The third-order valence-corrected chi connectivity index (χ3v) is 5.36. The largest absolute Gasteiger partial charge is 0.330 e. The third kappa shape index (κ3) is 3.09. The van der Waals surface area contributed by atoms with Gasteiger partial charge in [-0.2, -0.15) is 0 Å². The number of nitrogens with one attached hydrogen (secondary N) is 1. The van der Waals surface area contributed by atoms with E-state index in [1.165, 1.54) is 14.1 Å². The summed E-state index contributed by atoms with van der Waals surface area (Å²) in [5.41, 5.74) is 4.05. The molecule has 0 atom stereocenters. The Balaban J connectivity index is 2.29. The smallest absolute Gasteiger partial charge is 0.330 e. The first-order chi connectivity index (χ1) is 9.72. The Labute approximate surface area is 122 Å². The van der Waals surface area contributed by atoms with Crippen molar-refractivity contribution in [1.82, 2.24) is 13.9 Å². The van der Waals surface area contributed by atoms with Crippen LogP contribution in [-0.2, 0) is 24.1 Å². The lowest BCUT2D eigenvalue weighted by atomic mass is 10.0. The number of rotatable bonds is 6. The molecule has 1 aromatic rings. The summed E-state index contributed by atoms with van der Waals surface area (Å²) in [5.74, 6) is 0. The average Bonchev–Trinajstić information content (AvgIpc) is 3.19. The maximum absolute atomic E-state index is 12.3. The topological polar surface area (TPSA) is 116 Å². The number of nitrogens with two attached hydrogens (primary N) is 1. The molecule has 8 nitrogen and oxygen atoms in total. The van der Waals surface area contributed by atoms with Crippen molar-refractivity contribution in [2.75, 3.05) is 13.1 Å². The monoisotopic (exact) mass is 316 g/mol. The van der Waals surface area contributed by atoms with Gasteiger partial charge in [-0.15, -0.1) is 0 Å². The zero-order valence-corrected chi connectivity index (χ0v) is 12.9. The molecule has 0 aliphatic heterocycles. The highest BCUT2D eigenvalue weighted by molar-refractivity contribution is 7.89. The van der Waals surface area contributed by atoms with Gasteiger partial charge in [-0.3, -0.25) is 9.36 Å². The minimum absolute atomic E-state index is 0.0757. The first kappa shape index (κ1) is 15.9. The minimum atomic E-state index is -3.95. The van der Waals surface area contributed by atoms with Crippen LogP contribution >= 0.6 is 0 Å². The number of aromatic nitrogens is 2. The Kier molecular flexibility index (Phi) is 4.09. The van der Waals surface area contributed by atoms with Crippen molar-refractivity contribution in [1.29, 1.82) is 0 Å². The van der Waals surface area contributed by atoms with Crippen molar-refractivity contribution < 1.29 is 8.42 Å². The van der Waals surface area contributed by atoms with Gasteiger partial charge in [0.15, 0.2) is 4.90 Å². The summed E-state index contributed by atoms with van der Waals surface area (Å²) in [6.45, 7) is 0.766. The second kappa shape index (κ2) is 5.39.